The van der Waals surface area contributed by atoms with Gasteiger partial charge in [-0.15, -0.1) is 0 Å². The van der Waals surface area contributed by atoms with Gasteiger partial charge in [0.05, 0.1) is 0 Å². The Hall–Kier alpha value is -0.980. The van der Waals surface area contributed by atoms with E-state index in [2.05, 4.69) is 13.8 Å². The Morgan fingerprint density at radius 1 is 1.33 bits per heavy atom. The van der Waals surface area contributed by atoms with E-state index >= 15 is 0 Å². The van der Waals surface area contributed by atoms with Gasteiger partial charge in [0.15, 0.2) is 0 Å². The Labute approximate surface area is 126 Å². The number of hydrogen-bond acceptors (Lipinski definition) is 3. The van der Waals surface area contributed by atoms with Crippen LogP contribution in [0.15, 0.2) is 23.1 Å². The van der Waals surface area contributed by atoms with Crippen LogP contribution in [0.5, 0.6) is 0 Å². The lowest BCUT2D eigenvalue weighted by Crippen LogP contribution is -2.32. The van der Waals surface area contributed by atoms with Crippen LogP contribution >= 0.6 is 0 Å². The minimum atomic E-state index is -3.79. The average molecular weight is 314 g/mol. The summed E-state index contributed by atoms with van der Waals surface area (Å²) in [6.07, 6.45) is 2.69. The van der Waals surface area contributed by atoms with Crippen LogP contribution in [0.25, 0.3) is 0 Å². The topological polar surface area (TPSA) is 63.4 Å². The lowest BCUT2D eigenvalue weighted by atomic mass is 9.82. The zero-order valence-corrected chi connectivity index (χ0v) is 13.4. The van der Waals surface area contributed by atoms with Crippen molar-refractivity contribution in [3.05, 3.63) is 29.6 Å². The van der Waals surface area contributed by atoms with E-state index in [1.807, 2.05) is 0 Å². The zero-order chi connectivity index (χ0) is 15.7. The Kier molecular flexibility index (Phi) is 4.70. The molecule has 118 valence electrons. The Morgan fingerprint density at radius 2 is 2.00 bits per heavy atom. The molecule has 1 aliphatic heterocycles. The van der Waals surface area contributed by atoms with Crippen LogP contribution < -0.4 is 5.73 Å². The van der Waals surface area contributed by atoms with Gasteiger partial charge in [-0.25, -0.2) is 12.8 Å². The van der Waals surface area contributed by atoms with Crippen molar-refractivity contribution in [1.29, 1.82) is 0 Å². The van der Waals surface area contributed by atoms with Crippen LogP contribution in [-0.2, 0) is 16.6 Å². The van der Waals surface area contributed by atoms with Gasteiger partial charge in [-0.3, -0.25) is 0 Å². The van der Waals surface area contributed by atoms with E-state index < -0.39 is 15.8 Å². The van der Waals surface area contributed by atoms with Crippen molar-refractivity contribution in [2.24, 2.45) is 11.1 Å². The van der Waals surface area contributed by atoms with Crippen molar-refractivity contribution in [3.63, 3.8) is 0 Å². The molecule has 1 saturated heterocycles. The molecular weight excluding hydrogens is 291 g/mol. The highest BCUT2D eigenvalue weighted by Gasteiger charge is 2.41. The lowest BCUT2D eigenvalue weighted by Gasteiger charge is -2.26. The van der Waals surface area contributed by atoms with Gasteiger partial charge in [0.2, 0.25) is 10.0 Å². The summed E-state index contributed by atoms with van der Waals surface area (Å²) >= 11 is 0. The van der Waals surface area contributed by atoms with E-state index in [4.69, 9.17) is 5.73 Å². The molecule has 1 aromatic carbocycles. The molecule has 0 radical (unpaired) electrons. The molecule has 2 N–H and O–H groups in total. The molecule has 0 saturated carbocycles. The fourth-order valence-electron chi connectivity index (χ4n) is 2.94. The third kappa shape index (κ3) is 2.98. The first-order chi connectivity index (χ1) is 9.88. The second-order valence-corrected chi connectivity index (χ2v) is 7.67. The van der Waals surface area contributed by atoms with E-state index in [0.29, 0.717) is 18.7 Å². The molecule has 1 aliphatic rings. The van der Waals surface area contributed by atoms with E-state index in [-0.39, 0.29) is 16.9 Å². The molecule has 6 heteroatoms. The summed E-state index contributed by atoms with van der Waals surface area (Å²) in [5.74, 6) is -0.710. The highest BCUT2D eigenvalue weighted by molar-refractivity contribution is 7.89. The maximum Gasteiger partial charge on any atom is 0.246 e. The van der Waals surface area contributed by atoms with Crippen LogP contribution in [0.2, 0.25) is 0 Å². The third-order valence-corrected chi connectivity index (χ3v) is 6.61. The van der Waals surface area contributed by atoms with Crippen molar-refractivity contribution >= 4 is 10.0 Å². The van der Waals surface area contributed by atoms with Crippen molar-refractivity contribution in [3.8, 4) is 0 Å². The van der Waals surface area contributed by atoms with Crippen molar-refractivity contribution in [1.82, 2.24) is 4.31 Å². The van der Waals surface area contributed by atoms with E-state index in [1.54, 1.807) is 0 Å². The van der Waals surface area contributed by atoms with Crippen LogP contribution in [0.3, 0.4) is 0 Å². The number of hydrogen-bond donors (Lipinski definition) is 1. The van der Waals surface area contributed by atoms with Crippen LogP contribution in [0, 0.1) is 11.2 Å². The van der Waals surface area contributed by atoms with Gasteiger partial charge in [-0.2, -0.15) is 4.31 Å². The maximum atomic E-state index is 14.0. The van der Waals surface area contributed by atoms with Gasteiger partial charge in [0, 0.05) is 19.6 Å². The number of nitrogens with two attached hydrogens (primary N) is 1. The molecule has 0 aliphatic carbocycles. The number of sulfonamides is 1. The molecule has 1 aromatic rings. The van der Waals surface area contributed by atoms with Gasteiger partial charge >= 0.3 is 0 Å². The highest BCUT2D eigenvalue weighted by Crippen LogP contribution is 2.39. The summed E-state index contributed by atoms with van der Waals surface area (Å²) in [6, 6.07) is 4.04. The van der Waals surface area contributed by atoms with Crippen molar-refractivity contribution in [2.75, 3.05) is 13.1 Å². The van der Waals surface area contributed by atoms with Gasteiger partial charge in [0.25, 0.3) is 0 Å². The van der Waals surface area contributed by atoms with Gasteiger partial charge in [-0.05, 0) is 42.4 Å². The number of halogens is 1. The van der Waals surface area contributed by atoms with Crippen molar-refractivity contribution in [2.45, 2.75) is 44.6 Å². The Morgan fingerprint density at radius 3 is 2.52 bits per heavy atom. The second-order valence-electron chi connectivity index (χ2n) is 5.76. The smallest absolute Gasteiger partial charge is 0.246 e. The van der Waals surface area contributed by atoms with Gasteiger partial charge in [-0.1, -0.05) is 19.9 Å². The predicted octanol–water partition coefficient (Wildman–Crippen LogP) is 2.49. The molecule has 1 fully saturated rings. The average Bonchev–Trinajstić information content (AvgIpc) is 2.93. The summed E-state index contributed by atoms with van der Waals surface area (Å²) in [5, 5.41) is 0. The molecule has 4 nitrogen and oxygen atoms in total. The second kappa shape index (κ2) is 6.02. The molecule has 1 heterocycles. The van der Waals surface area contributed by atoms with E-state index in [0.717, 1.165) is 19.3 Å². The largest absolute Gasteiger partial charge is 0.326 e. The normalized spacial score (nSPS) is 19.0. The monoisotopic (exact) mass is 314 g/mol. The van der Waals surface area contributed by atoms with E-state index in [9.17, 15) is 12.8 Å². The minimum absolute atomic E-state index is 0.0228. The SMILES string of the molecule is CCC1(CC)CCN(S(=O)(=O)c2cc(CN)ccc2F)C1. The van der Waals surface area contributed by atoms with Crippen molar-refractivity contribution < 1.29 is 12.8 Å². The predicted molar refractivity (Wildman–Crippen MR) is 80.7 cm³/mol. The first-order valence-electron chi connectivity index (χ1n) is 7.37. The third-order valence-electron chi connectivity index (χ3n) is 4.75. The minimum Gasteiger partial charge on any atom is -0.326 e. The quantitative estimate of drug-likeness (QED) is 0.908. The summed E-state index contributed by atoms with van der Waals surface area (Å²) in [5.41, 5.74) is 6.16. The fourth-order valence-corrected chi connectivity index (χ4v) is 4.61. The number of benzene rings is 1. The van der Waals surface area contributed by atoms with Gasteiger partial charge in [0.1, 0.15) is 10.7 Å². The molecule has 0 atom stereocenters. The summed E-state index contributed by atoms with van der Waals surface area (Å²) in [4.78, 5) is -0.256. The molecule has 0 spiro atoms. The highest BCUT2D eigenvalue weighted by atomic mass is 32.2. The Bertz CT molecular complexity index is 612. The molecule has 21 heavy (non-hydrogen) atoms. The van der Waals surface area contributed by atoms with Crippen LogP contribution in [0.4, 0.5) is 4.39 Å². The lowest BCUT2D eigenvalue weighted by molar-refractivity contribution is 0.279. The van der Waals surface area contributed by atoms with Gasteiger partial charge < -0.3 is 5.73 Å². The summed E-state index contributed by atoms with van der Waals surface area (Å²) in [7, 11) is -3.79. The summed E-state index contributed by atoms with van der Waals surface area (Å²) in [6.45, 7) is 5.27. The molecular formula is C15H23FN2O2S. The number of rotatable bonds is 5. The fraction of sp³-hybridized carbons (Fsp3) is 0.600. The zero-order valence-electron chi connectivity index (χ0n) is 12.6. The molecule has 0 aromatic heterocycles. The molecule has 0 unspecified atom stereocenters. The first kappa shape index (κ1) is 16.4. The number of nitrogens with zero attached hydrogens (tertiary/aromatic N) is 1. The van der Waals surface area contributed by atoms with E-state index in [1.165, 1.54) is 22.5 Å². The molecule has 2 rings (SSSR count). The van der Waals surface area contributed by atoms with Crippen LogP contribution in [0.1, 0.15) is 38.7 Å². The van der Waals surface area contributed by atoms with Crippen LogP contribution in [-0.4, -0.2) is 25.8 Å². The Balaban J connectivity index is 2.36. The summed E-state index contributed by atoms with van der Waals surface area (Å²) < 4.78 is 40.8. The first-order valence-corrected chi connectivity index (χ1v) is 8.81. The molecule has 0 amide bonds. The molecule has 0 bridgehead atoms. The standard InChI is InChI=1S/C15H23FN2O2S/c1-3-15(4-2)7-8-18(11-15)21(19,20)14-9-12(10-17)5-6-13(14)16/h5-6,9H,3-4,7-8,10-11,17H2,1-2H3. The maximum absolute atomic E-state index is 14.0.